The monoisotopic (exact) mass is 478 g/mol. The number of aromatic nitrogens is 3. The number of nitrogens with one attached hydrogen (secondary N) is 2. The smallest absolute Gasteiger partial charge is 0.191 e. The normalized spacial score (nSPS) is 10.9. The Morgan fingerprint density at radius 1 is 1.24 bits per heavy atom. The van der Waals surface area contributed by atoms with Crippen molar-refractivity contribution in [3.05, 3.63) is 41.4 Å². The summed E-state index contributed by atoms with van der Waals surface area (Å²) >= 11 is 5.84. The molecule has 0 aliphatic rings. The zero-order chi connectivity index (χ0) is 17.2. The first kappa shape index (κ1) is 21.5. The van der Waals surface area contributed by atoms with Gasteiger partial charge in [0, 0.05) is 31.6 Å². The van der Waals surface area contributed by atoms with E-state index in [1.807, 2.05) is 16.7 Å². The second-order valence-corrected chi connectivity index (χ2v) is 5.46. The molecule has 2 aromatic rings. The standard InChI is InChI=1S/C16H23ClN6O.HI/c1-3-15-22-21-12-23(15)10-8-19-16(18-2)20-9-11-24-14-6-4-13(17)5-7-14;/h4-7,12H,3,8-11H2,1-2H3,(H2,18,19,20);1H. The van der Waals surface area contributed by atoms with Crippen molar-refractivity contribution < 1.29 is 4.74 Å². The first-order valence-corrected chi connectivity index (χ1v) is 8.30. The van der Waals surface area contributed by atoms with Gasteiger partial charge in [0.05, 0.1) is 6.54 Å². The van der Waals surface area contributed by atoms with Crippen LogP contribution in [0.4, 0.5) is 0 Å². The molecular formula is C16H24ClIN6O. The number of hydrogen-bond donors (Lipinski definition) is 2. The predicted molar refractivity (Wildman–Crippen MR) is 111 cm³/mol. The lowest BCUT2D eigenvalue weighted by Gasteiger charge is -2.13. The quantitative estimate of drug-likeness (QED) is 0.264. The molecule has 0 aliphatic carbocycles. The molecule has 1 aromatic heterocycles. The second kappa shape index (κ2) is 11.9. The number of nitrogens with zero attached hydrogens (tertiary/aromatic N) is 4. The summed E-state index contributed by atoms with van der Waals surface area (Å²) in [5.74, 6) is 2.51. The molecule has 9 heteroatoms. The van der Waals surface area contributed by atoms with Gasteiger partial charge in [-0.15, -0.1) is 34.2 Å². The number of benzene rings is 1. The van der Waals surface area contributed by atoms with Crippen molar-refractivity contribution in [2.24, 2.45) is 4.99 Å². The second-order valence-electron chi connectivity index (χ2n) is 5.02. The lowest BCUT2D eigenvalue weighted by molar-refractivity contribution is 0.322. The molecule has 0 fully saturated rings. The maximum Gasteiger partial charge on any atom is 0.191 e. The van der Waals surface area contributed by atoms with E-state index in [0.717, 1.165) is 37.0 Å². The van der Waals surface area contributed by atoms with E-state index in [2.05, 4.69) is 32.7 Å². The first-order valence-electron chi connectivity index (χ1n) is 7.92. The van der Waals surface area contributed by atoms with Gasteiger partial charge in [-0.3, -0.25) is 4.99 Å². The summed E-state index contributed by atoms with van der Waals surface area (Å²) in [7, 11) is 1.74. The number of aliphatic imine (C=N–C) groups is 1. The maximum atomic E-state index is 5.84. The zero-order valence-electron chi connectivity index (χ0n) is 14.4. The van der Waals surface area contributed by atoms with Gasteiger partial charge in [0.2, 0.25) is 0 Å². The number of ether oxygens (including phenoxy) is 1. The Bertz CT molecular complexity index is 646. The molecular weight excluding hydrogens is 455 g/mol. The average molecular weight is 479 g/mol. The van der Waals surface area contributed by atoms with Crippen LogP contribution in [0.15, 0.2) is 35.6 Å². The number of halogens is 2. The topological polar surface area (TPSA) is 76.4 Å². The third-order valence-electron chi connectivity index (χ3n) is 3.36. The molecule has 0 unspecified atom stereocenters. The third-order valence-corrected chi connectivity index (χ3v) is 3.61. The molecule has 0 aliphatic heterocycles. The summed E-state index contributed by atoms with van der Waals surface area (Å²) in [5, 5.41) is 15.1. The van der Waals surface area contributed by atoms with Gasteiger partial charge in [-0.2, -0.15) is 0 Å². The Morgan fingerprint density at radius 2 is 1.96 bits per heavy atom. The van der Waals surface area contributed by atoms with Crippen molar-refractivity contribution in [1.82, 2.24) is 25.4 Å². The third kappa shape index (κ3) is 7.47. The Labute approximate surface area is 170 Å². The molecule has 0 radical (unpaired) electrons. The molecule has 7 nitrogen and oxygen atoms in total. The van der Waals surface area contributed by atoms with Gasteiger partial charge in [0.15, 0.2) is 5.96 Å². The fourth-order valence-electron chi connectivity index (χ4n) is 2.12. The van der Waals surface area contributed by atoms with E-state index in [1.54, 1.807) is 25.5 Å². The molecule has 0 saturated heterocycles. The number of aryl methyl sites for hydroxylation is 1. The molecule has 2 N–H and O–H groups in total. The minimum atomic E-state index is 0. The van der Waals surface area contributed by atoms with Crippen molar-refractivity contribution in [3.63, 3.8) is 0 Å². The van der Waals surface area contributed by atoms with Crippen LogP contribution in [-0.4, -0.2) is 47.5 Å². The van der Waals surface area contributed by atoms with E-state index in [4.69, 9.17) is 16.3 Å². The molecule has 0 atom stereocenters. The fraction of sp³-hybridized carbons (Fsp3) is 0.438. The van der Waals surface area contributed by atoms with Gasteiger partial charge in [0.25, 0.3) is 0 Å². The zero-order valence-corrected chi connectivity index (χ0v) is 17.5. The van der Waals surface area contributed by atoms with E-state index < -0.39 is 0 Å². The molecule has 1 heterocycles. The average Bonchev–Trinajstić information content (AvgIpc) is 3.06. The van der Waals surface area contributed by atoms with Gasteiger partial charge >= 0.3 is 0 Å². The minimum absolute atomic E-state index is 0. The largest absolute Gasteiger partial charge is 0.492 e. The van der Waals surface area contributed by atoms with E-state index in [0.29, 0.717) is 18.2 Å². The predicted octanol–water partition coefficient (Wildman–Crippen LogP) is 2.36. The van der Waals surface area contributed by atoms with Crippen LogP contribution in [0.3, 0.4) is 0 Å². The highest BCUT2D eigenvalue weighted by Crippen LogP contribution is 2.14. The van der Waals surface area contributed by atoms with Crippen LogP contribution in [-0.2, 0) is 13.0 Å². The highest BCUT2D eigenvalue weighted by Gasteiger charge is 2.02. The molecule has 0 bridgehead atoms. The summed E-state index contributed by atoms with van der Waals surface area (Å²) in [4.78, 5) is 4.19. The van der Waals surface area contributed by atoms with Crippen LogP contribution >= 0.6 is 35.6 Å². The van der Waals surface area contributed by atoms with Gasteiger partial charge in [-0.25, -0.2) is 0 Å². The fourth-order valence-corrected chi connectivity index (χ4v) is 2.25. The van der Waals surface area contributed by atoms with E-state index in [9.17, 15) is 0 Å². The van der Waals surface area contributed by atoms with E-state index >= 15 is 0 Å². The van der Waals surface area contributed by atoms with Crippen LogP contribution in [0.1, 0.15) is 12.7 Å². The molecule has 0 saturated carbocycles. The highest BCUT2D eigenvalue weighted by atomic mass is 127. The van der Waals surface area contributed by atoms with Crippen LogP contribution in [0, 0.1) is 0 Å². The van der Waals surface area contributed by atoms with Crippen molar-refractivity contribution in [3.8, 4) is 5.75 Å². The number of guanidine groups is 1. The molecule has 2 rings (SSSR count). The lowest BCUT2D eigenvalue weighted by Crippen LogP contribution is -2.40. The molecule has 0 amide bonds. The Kier molecular flexibility index (Phi) is 10.2. The summed E-state index contributed by atoms with van der Waals surface area (Å²) < 4.78 is 7.66. The van der Waals surface area contributed by atoms with E-state index in [-0.39, 0.29) is 24.0 Å². The Hall–Kier alpha value is -1.55. The lowest BCUT2D eigenvalue weighted by atomic mass is 10.3. The van der Waals surface area contributed by atoms with Crippen LogP contribution in [0.25, 0.3) is 0 Å². The van der Waals surface area contributed by atoms with Crippen LogP contribution in [0.2, 0.25) is 5.02 Å². The van der Waals surface area contributed by atoms with Crippen molar-refractivity contribution >= 4 is 41.5 Å². The van der Waals surface area contributed by atoms with Gasteiger partial charge < -0.3 is 19.9 Å². The Balaban J connectivity index is 0.00000312. The molecule has 0 spiro atoms. The summed E-state index contributed by atoms with van der Waals surface area (Å²) in [5.41, 5.74) is 0. The number of hydrogen-bond acceptors (Lipinski definition) is 4. The van der Waals surface area contributed by atoms with Crippen LogP contribution in [0.5, 0.6) is 5.75 Å². The Morgan fingerprint density at radius 3 is 2.64 bits per heavy atom. The van der Waals surface area contributed by atoms with Gasteiger partial charge in [-0.1, -0.05) is 18.5 Å². The van der Waals surface area contributed by atoms with Gasteiger partial charge in [0.1, 0.15) is 24.5 Å². The highest BCUT2D eigenvalue weighted by molar-refractivity contribution is 14.0. The summed E-state index contributed by atoms with van der Waals surface area (Å²) in [6, 6.07) is 7.31. The van der Waals surface area contributed by atoms with E-state index in [1.165, 1.54) is 0 Å². The molecule has 138 valence electrons. The summed E-state index contributed by atoms with van der Waals surface area (Å²) in [6.45, 7) is 4.78. The number of rotatable bonds is 8. The maximum absolute atomic E-state index is 5.84. The van der Waals surface area contributed by atoms with Crippen molar-refractivity contribution in [2.75, 3.05) is 26.7 Å². The minimum Gasteiger partial charge on any atom is -0.492 e. The summed E-state index contributed by atoms with van der Waals surface area (Å²) in [6.07, 6.45) is 2.62. The first-order chi connectivity index (χ1) is 11.7. The van der Waals surface area contributed by atoms with Crippen molar-refractivity contribution in [2.45, 2.75) is 19.9 Å². The van der Waals surface area contributed by atoms with Gasteiger partial charge in [-0.05, 0) is 24.3 Å². The van der Waals surface area contributed by atoms with Crippen molar-refractivity contribution in [1.29, 1.82) is 0 Å². The van der Waals surface area contributed by atoms with Crippen LogP contribution < -0.4 is 15.4 Å². The molecule has 1 aromatic carbocycles. The SMILES string of the molecule is CCc1nncn1CCNC(=NC)NCCOc1ccc(Cl)cc1.I. The molecule has 25 heavy (non-hydrogen) atoms.